The molecule has 0 spiro atoms. The Bertz CT molecular complexity index is 649. The SMILES string of the molecule is O=C(C1CCCC1)N1CCC(C(=O)N2CCO[C@H](c3ccccc3)C2)CC1. The van der Waals surface area contributed by atoms with Crippen molar-refractivity contribution in [1.82, 2.24) is 9.80 Å². The largest absolute Gasteiger partial charge is 0.370 e. The van der Waals surface area contributed by atoms with Gasteiger partial charge in [-0.1, -0.05) is 43.2 Å². The number of carbonyl (C=O) groups excluding carboxylic acids is 2. The van der Waals surface area contributed by atoms with Gasteiger partial charge in [-0.15, -0.1) is 0 Å². The third-order valence-corrected chi connectivity index (χ3v) is 6.41. The highest BCUT2D eigenvalue weighted by Gasteiger charge is 2.35. The molecule has 1 aromatic carbocycles. The highest BCUT2D eigenvalue weighted by Crippen LogP contribution is 2.30. The normalized spacial score (nSPS) is 25.0. The Morgan fingerprint density at radius 3 is 2.15 bits per heavy atom. The summed E-state index contributed by atoms with van der Waals surface area (Å²) in [6.07, 6.45) is 6.03. The van der Waals surface area contributed by atoms with Crippen molar-refractivity contribution in [3.05, 3.63) is 35.9 Å². The zero-order valence-electron chi connectivity index (χ0n) is 16.0. The monoisotopic (exact) mass is 370 g/mol. The zero-order chi connectivity index (χ0) is 18.6. The van der Waals surface area contributed by atoms with Gasteiger partial charge in [0.1, 0.15) is 6.10 Å². The lowest BCUT2D eigenvalue weighted by Crippen LogP contribution is -2.48. The van der Waals surface area contributed by atoms with Gasteiger partial charge in [-0.05, 0) is 31.2 Å². The summed E-state index contributed by atoms with van der Waals surface area (Å²) in [5.74, 6) is 0.858. The van der Waals surface area contributed by atoms with E-state index >= 15 is 0 Å². The average Bonchev–Trinajstić information content (AvgIpc) is 3.28. The number of amides is 2. The number of hydrogen-bond acceptors (Lipinski definition) is 3. The first kappa shape index (κ1) is 18.5. The van der Waals surface area contributed by atoms with E-state index in [0.717, 1.165) is 44.3 Å². The summed E-state index contributed by atoms with van der Waals surface area (Å²) in [5.41, 5.74) is 1.13. The van der Waals surface area contributed by atoms with E-state index in [4.69, 9.17) is 4.74 Å². The molecule has 1 atom stereocenters. The number of nitrogens with zero attached hydrogens (tertiary/aromatic N) is 2. The highest BCUT2D eigenvalue weighted by atomic mass is 16.5. The van der Waals surface area contributed by atoms with Crippen molar-refractivity contribution in [2.75, 3.05) is 32.8 Å². The maximum atomic E-state index is 13.0. The molecule has 3 aliphatic rings. The number of piperidine rings is 1. The quantitative estimate of drug-likeness (QED) is 0.822. The van der Waals surface area contributed by atoms with Crippen molar-refractivity contribution in [1.29, 1.82) is 0 Å². The number of rotatable bonds is 3. The molecule has 2 saturated heterocycles. The molecule has 0 bridgehead atoms. The molecule has 3 fully saturated rings. The van der Waals surface area contributed by atoms with Gasteiger partial charge in [-0.2, -0.15) is 0 Å². The number of likely N-dealkylation sites (tertiary alicyclic amines) is 1. The third-order valence-electron chi connectivity index (χ3n) is 6.41. The number of hydrogen-bond donors (Lipinski definition) is 0. The fraction of sp³-hybridized carbons (Fsp3) is 0.636. The molecule has 1 saturated carbocycles. The van der Waals surface area contributed by atoms with Gasteiger partial charge >= 0.3 is 0 Å². The first-order valence-corrected chi connectivity index (χ1v) is 10.5. The molecule has 0 aromatic heterocycles. The second-order valence-corrected chi connectivity index (χ2v) is 8.14. The van der Waals surface area contributed by atoms with Gasteiger partial charge in [0, 0.05) is 31.5 Å². The van der Waals surface area contributed by atoms with Crippen molar-refractivity contribution < 1.29 is 14.3 Å². The minimum absolute atomic E-state index is 0.0343. The first-order chi connectivity index (χ1) is 13.2. The molecule has 1 aliphatic carbocycles. The predicted molar refractivity (Wildman–Crippen MR) is 103 cm³/mol. The summed E-state index contributed by atoms with van der Waals surface area (Å²) >= 11 is 0. The smallest absolute Gasteiger partial charge is 0.225 e. The molecule has 0 radical (unpaired) electrons. The topological polar surface area (TPSA) is 49.9 Å². The Labute approximate surface area is 161 Å². The van der Waals surface area contributed by atoms with E-state index in [1.807, 2.05) is 28.0 Å². The second-order valence-electron chi connectivity index (χ2n) is 8.14. The maximum absolute atomic E-state index is 13.0. The summed E-state index contributed by atoms with van der Waals surface area (Å²) in [5, 5.41) is 0. The molecular weight excluding hydrogens is 340 g/mol. The Kier molecular flexibility index (Phi) is 5.77. The molecule has 2 aliphatic heterocycles. The Morgan fingerprint density at radius 1 is 0.815 bits per heavy atom. The molecule has 1 aromatic rings. The molecule has 0 N–H and O–H groups in total. The molecule has 0 unspecified atom stereocenters. The number of carbonyl (C=O) groups is 2. The van der Waals surface area contributed by atoms with E-state index in [1.165, 1.54) is 12.8 Å². The molecule has 2 amide bonds. The van der Waals surface area contributed by atoms with Gasteiger partial charge in [0.2, 0.25) is 11.8 Å². The molecular formula is C22H30N2O3. The van der Waals surface area contributed by atoms with E-state index in [1.54, 1.807) is 0 Å². The fourth-order valence-corrected chi connectivity index (χ4v) is 4.75. The first-order valence-electron chi connectivity index (χ1n) is 10.5. The van der Waals surface area contributed by atoms with Gasteiger partial charge < -0.3 is 14.5 Å². The van der Waals surface area contributed by atoms with Crippen LogP contribution in [0.4, 0.5) is 0 Å². The summed E-state index contributed by atoms with van der Waals surface area (Å²) < 4.78 is 5.89. The second kappa shape index (κ2) is 8.42. The zero-order valence-corrected chi connectivity index (χ0v) is 16.0. The van der Waals surface area contributed by atoms with Crippen molar-refractivity contribution in [2.24, 2.45) is 11.8 Å². The van der Waals surface area contributed by atoms with E-state index in [0.29, 0.717) is 25.6 Å². The minimum atomic E-state index is -0.0343. The summed E-state index contributed by atoms with van der Waals surface area (Å²) in [6.45, 7) is 3.36. The minimum Gasteiger partial charge on any atom is -0.370 e. The van der Waals surface area contributed by atoms with Gasteiger partial charge in [-0.3, -0.25) is 9.59 Å². The van der Waals surface area contributed by atoms with E-state index in [9.17, 15) is 9.59 Å². The van der Waals surface area contributed by atoms with Crippen LogP contribution in [0.25, 0.3) is 0 Å². The van der Waals surface area contributed by atoms with Crippen molar-refractivity contribution >= 4 is 11.8 Å². The van der Waals surface area contributed by atoms with Crippen molar-refractivity contribution in [3.8, 4) is 0 Å². The van der Waals surface area contributed by atoms with Gasteiger partial charge in [-0.25, -0.2) is 0 Å². The molecule has 27 heavy (non-hydrogen) atoms. The Morgan fingerprint density at radius 2 is 1.44 bits per heavy atom. The third kappa shape index (κ3) is 4.18. The summed E-state index contributed by atoms with van der Waals surface area (Å²) in [7, 11) is 0. The van der Waals surface area contributed by atoms with Crippen molar-refractivity contribution in [2.45, 2.75) is 44.6 Å². The van der Waals surface area contributed by atoms with Crippen LogP contribution >= 0.6 is 0 Å². The maximum Gasteiger partial charge on any atom is 0.225 e. The Balaban J connectivity index is 1.30. The van der Waals surface area contributed by atoms with E-state index in [2.05, 4.69) is 12.1 Å². The lowest BCUT2D eigenvalue weighted by Gasteiger charge is -2.38. The molecule has 2 heterocycles. The predicted octanol–water partition coefficient (Wildman–Crippen LogP) is 3.02. The van der Waals surface area contributed by atoms with Crippen LogP contribution in [-0.4, -0.2) is 54.4 Å². The van der Waals surface area contributed by atoms with Crippen LogP contribution in [0.1, 0.15) is 50.2 Å². The van der Waals surface area contributed by atoms with Crippen LogP contribution in [-0.2, 0) is 14.3 Å². The van der Waals surface area contributed by atoms with Crippen LogP contribution in [0.15, 0.2) is 30.3 Å². The van der Waals surface area contributed by atoms with Crippen LogP contribution in [0.2, 0.25) is 0 Å². The number of morpholine rings is 1. The van der Waals surface area contributed by atoms with Crippen LogP contribution in [0, 0.1) is 11.8 Å². The van der Waals surface area contributed by atoms with Gasteiger partial charge in [0.15, 0.2) is 0 Å². The van der Waals surface area contributed by atoms with Crippen LogP contribution in [0.3, 0.4) is 0 Å². The molecule has 5 heteroatoms. The fourth-order valence-electron chi connectivity index (χ4n) is 4.75. The number of ether oxygens (including phenoxy) is 1. The van der Waals surface area contributed by atoms with Crippen LogP contribution in [0.5, 0.6) is 0 Å². The summed E-state index contributed by atoms with van der Waals surface area (Å²) in [4.78, 5) is 29.6. The highest BCUT2D eigenvalue weighted by molar-refractivity contribution is 5.81. The number of benzene rings is 1. The van der Waals surface area contributed by atoms with E-state index < -0.39 is 0 Å². The molecule has 5 nitrogen and oxygen atoms in total. The molecule has 146 valence electrons. The lowest BCUT2D eigenvalue weighted by molar-refractivity contribution is -0.147. The van der Waals surface area contributed by atoms with Gasteiger partial charge in [0.25, 0.3) is 0 Å². The standard InChI is InChI=1S/C22H30N2O3/c25-21(18-8-4-5-9-18)23-12-10-19(11-13-23)22(26)24-14-15-27-20(16-24)17-6-2-1-3-7-17/h1-3,6-7,18-20H,4-5,8-16H2/t20-/m0/s1. The average molecular weight is 370 g/mol. The Hall–Kier alpha value is -1.88. The lowest BCUT2D eigenvalue weighted by atomic mass is 9.93. The molecule has 4 rings (SSSR count). The van der Waals surface area contributed by atoms with Gasteiger partial charge in [0.05, 0.1) is 13.2 Å². The summed E-state index contributed by atoms with van der Waals surface area (Å²) in [6, 6.07) is 10.1. The van der Waals surface area contributed by atoms with E-state index in [-0.39, 0.29) is 23.8 Å². The van der Waals surface area contributed by atoms with Crippen molar-refractivity contribution in [3.63, 3.8) is 0 Å². The van der Waals surface area contributed by atoms with Crippen LogP contribution < -0.4 is 0 Å².